The van der Waals surface area contributed by atoms with E-state index in [0.29, 0.717) is 36.5 Å². The highest BCUT2D eigenvalue weighted by Crippen LogP contribution is 2.39. The van der Waals surface area contributed by atoms with Gasteiger partial charge in [-0.05, 0) is 30.3 Å². The van der Waals surface area contributed by atoms with Crippen LogP contribution in [-0.2, 0) is 13.0 Å². The minimum atomic E-state index is -0.209. The van der Waals surface area contributed by atoms with Crippen molar-refractivity contribution in [1.82, 2.24) is 20.1 Å². The molecular weight excluding hydrogens is 420 g/mol. The summed E-state index contributed by atoms with van der Waals surface area (Å²) in [5.41, 5.74) is 3.97. The number of phenols is 2. The van der Waals surface area contributed by atoms with Gasteiger partial charge in [0.2, 0.25) is 0 Å². The molecule has 5 rings (SSSR count). The van der Waals surface area contributed by atoms with Crippen LogP contribution in [0, 0.1) is 0 Å². The lowest BCUT2D eigenvalue weighted by Gasteiger charge is -2.27. The second-order valence-electron chi connectivity index (χ2n) is 7.46. The SMILES string of the molecule is COc1ccc2[nH]c(C(=O)N3CCc4[nH]nc(-c5cc(Cl)c(O)cc5O)c4C3)cc2c1. The first-order valence-electron chi connectivity index (χ1n) is 9.68. The molecule has 0 atom stereocenters. The van der Waals surface area contributed by atoms with Crippen LogP contribution in [0.5, 0.6) is 17.2 Å². The van der Waals surface area contributed by atoms with Crippen LogP contribution in [0.4, 0.5) is 0 Å². The summed E-state index contributed by atoms with van der Waals surface area (Å²) < 4.78 is 5.25. The van der Waals surface area contributed by atoms with Crippen molar-refractivity contribution in [3.8, 4) is 28.5 Å². The van der Waals surface area contributed by atoms with E-state index >= 15 is 0 Å². The number of aromatic hydroxyl groups is 2. The van der Waals surface area contributed by atoms with E-state index in [0.717, 1.165) is 27.9 Å². The third-order valence-electron chi connectivity index (χ3n) is 5.60. The fraction of sp³-hybridized carbons (Fsp3) is 0.182. The van der Waals surface area contributed by atoms with E-state index < -0.39 is 0 Å². The summed E-state index contributed by atoms with van der Waals surface area (Å²) in [6.45, 7) is 0.866. The first kappa shape index (κ1) is 19.3. The van der Waals surface area contributed by atoms with Gasteiger partial charge >= 0.3 is 0 Å². The van der Waals surface area contributed by atoms with E-state index in [9.17, 15) is 15.0 Å². The van der Waals surface area contributed by atoms with Crippen molar-refractivity contribution in [1.29, 1.82) is 0 Å². The van der Waals surface area contributed by atoms with E-state index in [1.807, 2.05) is 24.3 Å². The van der Waals surface area contributed by atoms with Crippen LogP contribution in [0.25, 0.3) is 22.2 Å². The van der Waals surface area contributed by atoms with Gasteiger partial charge in [-0.1, -0.05) is 11.6 Å². The molecule has 0 spiro atoms. The molecule has 0 radical (unpaired) electrons. The maximum Gasteiger partial charge on any atom is 0.270 e. The Morgan fingerprint density at radius 1 is 1.19 bits per heavy atom. The number of halogens is 1. The quantitative estimate of drug-likeness (QED) is 0.388. The number of hydrogen-bond acceptors (Lipinski definition) is 5. The molecule has 0 fully saturated rings. The van der Waals surface area contributed by atoms with Gasteiger partial charge in [-0.2, -0.15) is 5.10 Å². The first-order chi connectivity index (χ1) is 14.9. The summed E-state index contributed by atoms with van der Waals surface area (Å²) in [4.78, 5) is 18.1. The number of carbonyl (C=O) groups excluding carboxylic acids is 1. The molecule has 8 nitrogen and oxygen atoms in total. The number of fused-ring (bicyclic) bond motifs is 2. The Bertz CT molecular complexity index is 1330. The number of hydrogen-bond donors (Lipinski definition) is 4. The highest BCUT2D eigenvalue weighted by atomic mass is 35.5. The highest BCUT2D eigenvalue weighted by molar-refractivity contribution is 6.32. The van der Waals surface area contributed by atoms with E-state index in [-0.39, 0.29) is 22.4 Å². The van der Waals surface area contributed by atoms with Crippen molar-refractivity contribution in [2.24, 2.45) is 0 Å². The number of rotatable bonds is 3. The lowest BCUT2D eigenvalue weighted by atomic mass is 10.00. The standard InChI is InChI=1S/C22H19ClN4O4/c1-31-12-2-3-16-11(6-12)7-18(24-16)22(30)27-5-4-17-14(10-27)21(26-25-17)13-8-15(23)20(29)9-19(13)28/h2-3,6-9,24,28-29H,4-5,10H2,1H3,(H,25,26). The van der Waals surface area contributed by atoms with Gasteiger partial charge in [0, 0.05) is 46.8 Å². The molecule has 0 saturated heterocycles. The number of nitrogens with zero attached hydrogens (tertiary/aromatic N) is 2. The summed E-state index contributed by atoms with van der Waals surface area (Å²) in [6.07, 6.45) is 0.606. The number of ether oxygens (including phenoxy) is 1. The van der Waals surface area contributed by atoms with Crippen LogP contribution < -0.4 is 4.74 Å². The van der Waals surface area contributed by atoms with Gasteiger partial charge in [-0.15, -0.1) is 0 Å². The second kappa shape index (κ2) is 7.24. The van der Waals surface area contributed by atoms with Gasteiger partial charge in [0.05, 0.1) is 18.7 Å². The van der Waals surface area contributed by atoms with Crippen molar-refractivity contribution in [3.05, 3.63) is 58.4 Å². The number of aromatic nitrogens is 3. The topological polar surface area (TPSA) is 114 Å². The number of carbonyl (C=O) groups is 1. The second-order valence-corrected chi connectivity index (χ2v) is 7.87. The lowest BCUT2D eigenvalue weighted by Crippen LogP contribution is -2.36. The Morgan fingerprint density at radius 2 is 2.03 bits per heavy atom. The molecule has 4 aromatic rings. The molecule has 31 heavy (non-hydrogen) atoms. The molecule has 9 heteroatoms. The average Bonchev–Trinajstić information content (AvgIpc) is 3.38. The Kier molecular flexibility index (Phi) is 4.51. The summed E-state index contributed by atoms with van der Waals surface area (Å²) >= 11 is 6.03. The predicted molar refractivity (Wildman–Crippen MR) is 116 cm³/mol. The molecule has 0 bridgehead atoms. The van der Waals surface area contributed by atoms with Crippen molar-refractivity contribution < 1.29 is 19.7 Å². The van der Waals surface area contributed by atoms with Crippen molar-refractivity contribution in [2.75, 3.05) is 13.7 Å². The zero-order valence-corrected chi connectivity index (χ0v) is 17.3. The largest absolute Gasteiger partial charge is 0.507 e. The highest BCUT2D eigenvalue weighted by Gasteiger charge is 2.28. The molecule has 1 aliphatic heterocycles. The number of H-pyrrole nitrogens is 2. The van der Waals surface area contributed by atoms with Crippen molar-refractivity contribution >= 4 is 28.4 Å². The molecule has 2 aromatic carbocycles. The van der Waals surface area contributed by atoms with Crippen LogP contribution in [0.3, 0.4) is 0 Å². The molecular formula is C22H19ClN4O4. The van der Waals surface area contributed by atoms with E-state index in [1.54, 1.807) is 12.0 Å². The molecule has 4 N–H and O–H groups in total. The summed E-state index contributed by atoms with van der Waals surface area (Å²) in [6, 6.07) is 10.1. The fourth-order valence-corrected chi connectivity index (χ4v) is 4.12. The minimum Gasteiger partial charge on any atom is -0.507 e. The molecule has 1 aliphatic rings. The zero-order valence-electron chi connectivity index (χ0n) is 16.6. The molecule has 2 aromatic heterocycles. The van der Waals surface area contributed by atoms with Gasteiger partial charge in [-0.3, -0.25) is 9.89 Å². The summed E-state index contributed by atoms with van der Waals surface area (Å²) in [5, 5.41) is 28.3. The Balaban J connectivity index is 1.46. The summed E-state index contributed by atoms with van der Waals surface area (Å²) in [5.74, 6) is 0.258. The number of amides is 1. The monoisotopic (exact) mass is 438 g/mol. The molecule has 0 saturated carbocycles. The van der Waals surface area contributed by atoms with E-state index in [1.165, 1.54) is 12.1 Å². The zero-order chi connectivity index (χ0) is 21.7. The van der Waals surface area contributed by atoms with E-state index in [4.69, 9.17) is 16.3 Å². The van der Waals surface area contributed by atoms with E-state index in [2.05, 4.69) is 15.2 Å². The Morgan fingerprint density at radius 3 is 2.84 bits per heavy atom. The van der Waals surface area contributed by atoms with Gasteiger partial charge in [0.15, 0.2) is 0 Å². The minimum absolute atomic E-state index is 0.113. The summed E-state index contributed by atoms with van der Waals surface area (Å²) in [7, 11) is 1.60. The lowest BCUT2D eigenvalue weighted by molar-refractivity contribution is 0.0729. The van der Waals surface area contributed by atoms with Crippen LogP contribution in [0.2, 0.25) is 5.02 Å². The molecule has 0 aliphatic carbocycles. The average molecular weight is 439 g/mol. The Hall–Kier alpha value is -3.65. The number of methoxy groups -OCH3 is 1. The third kappa shape index (κ3) is 3.25. The maximum absolute atomic E-state index is 13.2. The molecule has 1 amide bonds. The van der Waals surface area contributed by atoms with Gasteiger partial charge in [0.25, 0.3) is 5.91 Å². The normalized spacial score (nSPS) is 13.4. The number of aromatic amines is 2. The first-order valence-corrected chi connectivity index (χ1v) is 10.1. The number of phenolic OH excluding ortho intramolecular Hbond substituents is 2. The number of nitrogens with one attached hydrogen (secondary N) is 2. The molecule has 3 heterocycles. The van der Waals surface area contributed by atoms with Gasteiger partial charge in [-0.25, -0.2) is 0 Å². The molecule has 0 unspecified atom stereocenters. The van der Waals surface area contributed by atoms with Gasteiger partial charge < -0.3 is 24.8 Å². The van der Waals surface area contributed by atoms with Crippen LogP contribution in [0.15, 0.2) is 36.4 Å². The van der Waals surface area contributed by atoms with Crippen LogP contribution in [-0.4, -0.2) is 49.9 Å². The van der Waals surface area contributed by atoms with Crippen LogP contribution in [0.1, 0.15) is 21.7 Å². The molecule has 158 valence electrons. The third-order valence-corrected chi connectivity index (χ3v) is 5.90. The fourth-order valence-electron chi connectivity index (χ4n) is 3.95. The predicted octanol–water partition coefficient (Wildman–Crippen LogP) is 3.83. The number of benzene rings is 2. The van der Waals surface area contributed by atoms with Crippen molar-refractivity contribution in [2.45, 2.75) is 13.0 Å². The van der Waals surface area contributed by atoms with Gasteiger partial charge in [0.1, 0.15) is 28.6 Å². The maximum atomic E-state index is 13.2. The van der Waals surface area contributed by atoms with Crippen molar-refractivity contribution in [3.63, 3.8) is 0 Å². The Labute approximate surface area is 182 Å². The van der Waals surface area contributed by atoms with Crippen LogP contribution >= 0.6 is 11.6 Å². The smallest absolute Gasteiger partial charge is 0.270 e.